The summed E-state index contributed by atoms with van der Waals surface area (Å²) in [5.74, 6) is -0.409. The van der Waals surface area contributed by atoms with Crippen molar-refractivity contribution in [2.75, 3.05) is 0 Å². The van der Waals surface area contributed by atoms with Gasteiger partial charge in [-0.1, -0.05) is 13.8 Å². The Kier molecular flexibility index (Phi) is 2.97. The maximum Gasteiger partial charge on any atom is 0.269 e. The smallest absolute Gasteiger partial charge is 0.269 e. The number of hydrogen-bond acceptors (Lipinski definition) is 4. The van der Waals surface area contributed by atoms with Crippen molar-refractivity contribution < 1.29 is 4.79 Å². The molecule has 0 aliphatic carbocycles. The summed E-state index contributed by atoms with van der Waals surface area (Å²) in [5, 5.41) is 11.2. The van der Waals surface area contributed by atoms with E-state index in [4.69, 9.17) is 5.73 Å². The number of nitrogens with one attached hydrogen (secondary N) is 1. The highest BCUT2D eigenvalue weighted by molar-refractivity contribution is 5.94. The van der Waals surface area contributed by atoms with Crippen LogP contribution in [-0.2, 0) is 0 Å². The second-order valence-electron chi connectivity index (χ2n) is 5.32. The molecule has 0 saturated heterocycles. The Bertz CT molecular complexity index is 829. The minimum absolute atomic E-state index is 0.119. The third kappa shape index (κ3) is 2.06. The molecule has 7 heteroatoms. The highest BCUT2D eigenvalue weighted by Gasteiger charge is 2.21. The van der Waals surface area contributed by atoms with Gasteiger partial charge in [-0.25, -0.2) is 9.50 Å². The van der Waals surface area contributed by atoms with Gasteiger partial charge in [0, 0.05) is 17.3 Å². The third-order valence-corrected chi connectivity index (χ3v) is 3.46. The highest BCUT2D eigenvalue weighted by Crippen LogP contribution is 2.30. The number of rotatable bonds is 3. The van der Waals surface area contributed by atoms with Crippen LogP contribution in [0.3, 0.4) is 0 Å². The number of carbonyl (C=O) groups is 1. The largest absolute Gasteiger partial charge is 0.364 e. The lowest BCUT2D eigenvalue weighted by molar-refractivity contribution is 0.0994. The van der Waals surface area contributed by atoms with Crippen molar-refractivity contribution in [2.24, 2.45) is 5.73 Å². The predicted octanol–water partition coefficient (Wildman–Crippen LogP) is 1.65. The van der Waals surface area contributed by atoms with E-state index in [1.54, 1.807) is 4.52 Å². The molecule has 0 bridgehead atoms. The molecule has 3 heterocycles. The van der Waals surface area contributed by atoms with Gasteiger partial charge in [0.25, 0.3) is 5.91 Å². The first kappa shape index (κ1) is 13.3. The van der Waals surface area contributed by atoms with Gasteiger partial charge < -0.3 is 5.73 Å². The number of nitrogens with two attached hydrogens (primary N) is 1. The standard InChI is InChI=1S/C14H16N6O/c1-7(2)10-11(18-19-12(10)13(15)21)9-4-8(3)14-16-6-17-20(14)5-9/h4-7H,1-3H3,(H2,15,21)(H,18,19). The molecule has 3 aromatic rings. The van der Waals surface area contributed by atoms with Crippen LogP contribution in [0.2, 0.25) is 0 Å². The molecule has 0 unspecified atom stereocenters. The number of primary amides is 1. The number of fused-ring (bicyclic) bond motifs is 1. The van der Waals surface area contributed by atoms with E-state index in [0.717, 1.165) is 28.0 Å². The fourth-order valence-electron chi connectivity index (χ4n) is 2.55. The molecule has 0 saturated carbocycles. The lowest BCUT2D eigenvalue weighted by Crippen LogP contribution is -2.14. The molecular formula is C14H16N6O. The minimum atomic E-state index is -0.528. The molecule has 3 N–H and O–H groups in total. The number of hydrogen-bond donors (Lipinski definition) is 2. The van der Waals surface area contributed by atoms with Crippen molar-refractivity contribution in [3.8, 4) is 11.3 Å². The summed E-state index contributed by atoms with van der Waals surface area (Å²) >= 11 is 0. The Balaban J connectivity index is 2.25. The number of carbonyl (C=O) groups excluding carboxylic acids is 1. The van der Waals surface area contributed by atoms with E-state index < -0.39 is 5.91 Å². The van der Waals surface area contributed by atoms with Crippen molar-refractivity contribution in [3.05, 3.63) is 35.4 Å². The van der Waals surface area contributed by atoms with E-state index in [-0.39, 0.29) is 11.6 Å². The number of H-pyrrole nitrogens is 1. The van der Waals surface area contributed by atoms with Crippen LogP contribution in [0.4, 0.5) is 0 Å². The molecule has 1 amide bonds. The SMILES string of the molecule is Cc1cc(-c2[nH]nc(C(N)=O)c2C(C)C)cn2ncnc12. The van der Waals surface area contributed by atoms with Crippen LogP contribution in [-0.4, -0.2) is 30.7 Å². The first-order valence-corrected chi connectivity index (χ1v) is 6.67. The summed E-state index contributed by atoms with van der Waals surface area (Å²) in [6.07, 6.45) is 3.37. The number of amides is 1. The molecule has 0 fully saturated rings. The molecule has 0 aliphatic rings. The van der Waals surface area contributed by atoms with Gasteiger partial charge in [-0.2, -0.15) is 10.2 Å². The molecule has 0 atom stereocenters. The minimum Gasteiger partial charge on any atom is -0.364 e. The molecule has 3 rings (SSSR count). The van der Waals surface area contributed by atoms with E-state index in [9.17, 15) is 4.79 Å². The molecule has 0 radical (unpaired) electrons. The van der Waals surface area contributed by atoms with E-state index >= 15 is 0 Å². The Labute approximate surface area is 121 Å². The Morgan fingerprint density at radius 2 is 2.19 bits per heavy atom. The van der Waals surface area contributed by atoms with Gasteiger partial charge in [-0.3, -0.25) is 9.89 Å². The number of pyridine rings is 1. The van der Waals surface area contributed by atoms with E-state index in [2.05, 4.69) is 20.3 Å². The zero-order valence-electron chi connectivity index (χ0n) is 12.1. The molecule has 0 aromatic carbocycles. The average Bonchev–Trinajstić information content (AvgIpc) is 3.04. The number of aromatic amines is 1. The van der Waals surface area contributed by atoms with Gasteiger partial charge in [0.15, 0.2) is 11.3 Å². The van der Waals surface area contributed by atoms with Gasteiger partial charge in [0.1, 0.15) is 6.33 Å². The van der Waals surface area contributed by atoms with Crippen molar-refractivity contribution in [1.29, 1.82) is 0 Å². The van der Waals surface area contributed by atoms with E-state index in [0.29, 0.717) is 0 Å². The topological polar surface area (TPSA) is 102 Å². The molecule has 0 spiro atoms. The van der Waals surface area contributed by atoms with E-state index in [1.807, 2.05) is 33.0 Å². The van der Waals surface area contributed by atoms with Gasteiger partial charge in [-0.05, 0) is 24.5 Å². The second-order valence-corrected chi connectivity index (χ2v) is 5.32. The van der Waals surface area contributed by atoms with Crippen molar-refractivity contribution >= 4 is 11.6 Å². The van der Waals surface area contributed by atoms with Crippen LogP contribution < -0.4 is 5.73 Å². The summed E-state index contributed by atoms with van der Waals surface area (Å²) in [4.78, 5) is 15.7. The van der Waals surface area contributed by atoms with Crippen LogP contribution in [0.25, 0.3) is 16.9 Å². The monoisotopic (exact) mass is 284 g/mol. The zero-order chi connectivity index (χ0) is 15.1. The van der Waals surface area contributed by atoms with Crippen molar-refractivity contribution in [3.63, 3.8) is 0 Å². The first-order valence-electron chi connectivity index (χ1n) is 6.67. The van der Waals surface area contributed by atoms with Gasteiger partial charge in [0.2, 0.25) is 0 Å². The first-order chi connectivity index (χ1) is 9.99. The Hall–Kier alpha value is -2.70. The third-order valence-electron chi connectivity index (χ3n) is 3.46. The fraction of sp³-hybridized carbons (Fsp3) is 0.286. The molecular weight excluding hydrogens is 268 g/mol. The maximum absolute atomic E-state index is 11.5. The molecule has 3 aromatic heterocycles. The summed E-state index contributed by atoms with van der Waals surface area (Å²) < 4.78 is 1.71. The number of aromatic nitrogens is 5. The van der Waals surface area contributed by atoms with Crippen LogP contribution in [0.15, 0.2) is 18.6 Å². The van der Waals surface area contributed by atoms with E-state index in [1.165, 1.54) is 6.33 Å². The van der Waals surface area contributed by atoms with Gasteiger partial charge in [0.05, 0.1) is 5.69 Å². The Morgan fingerprint density at radius 3 is 2.86 bits per heavy atom. The molecule has 0 aliphatic heterocycles. The quantitative estimate of drug-likeness (QED) is 0.763. The van der Waals surface area contributed by atoms with Crippen LogP contribution in [0.1, 0.15) is 41.4 Å². The van der Waals surface area contributed by atoms with Crippen LogP contribution >= 0.6 is 0 Å². The molecule has 7 nitrogen and oxygen atoms in total. The maximum atomic E-state index is 11.5. The summed E-state index contributed by atoms with van der Waals surface area (Å²) in [6.45, 7) is 5.97. The summed E-state index contributed by atoms with van der Waals surface area (Å²) in [7, 11) is 0. The second kappa shape index (κ2) is 4.69. The summed E-state index contributed by atoms with van der Waals surface area (Å²) in [5.41, 5.74) is 10.00. The van der Waals surface area contributed by atoms with Crippen molar-refractivity contribution in [2.45, 2.75) is 26.7 Å². The van der Waals surface area contributed by atoms with Crippen molar-refractivity contribution in [1.82, 2.24) is 24.8 Å². The van der Waals surface area contributed by atoms with Crippen LogP contribution in [0.5, 0.6) is 0 Å². The summed E-state index contributed by atoms with van der Waals surface area (Å²) in [6, 6.07) is 1.99. The molecule has 108 valence electrons. The number of nitrogens with zero attached hydrogens (tertiary/aromatic N) is 4. The normalized spacial score (nSPS) is 11.4. The lowest BCUT2D eigenvalue weighted by Gasteiger charge is -2.09. The number of aryl methyl sites for hydroxylation is 1. The fourth-order valence-corrected chi connectivity index (χ4v) is 2.55. The average molecular weight is 284 g/mol. The van der Waals surface area contributed by atoms with Gasteiger partial charge >= 0.3 is 0 Å². The zero-order valence-corrected chi connectivity index (χ0v) is 12.1. The van der Waals surface area contributed by atoms with Crippen LogP contribution in [0, 0.1) is 6.92 Å². The predicted molar refractivity (Wildman–Crippen MR) is 77.9 cm³/mol. The van der Waals surface area contributed by atoms with Gasteiger partial charge in [-0.15, -0.1) is 0 Å². The molecule has 21 heavy (non-hydrogen) atoms. The Morgan fingerprint density at radius 1 is 1.43 bits per heavy atom. The lowest BCUT2D eigenvalue weighted by atomic mass is 9.96. The highest BCUT2D eigenvalue weighted by atomic mass is 16.1.